The molecule has 0 fully saturated rings. The zero-order chi connectivity index (χ0) is 12.7. The second kappa shape index (κ2) is 7.56. The van der Waals surface area contributed by atoms with Gasteiger partial charge >= 0.3 is 0 Å². The number of nitrogens with zero attached hydrogens (tertiary/aromatic N) is 1. The van der Waals surface area contributed by atoms with Gasteiger partial charge in [0.15, 0.2) is 5.78 Å². The van der Waals surface area contributed by atoms with E-state index in [4.69, 9.17) is 4.74 Å². The fourth-order valence-electron chi connectivity index (χ4n) is 1.60. The first-order valence-corrected chi connectivity index (χ1v) is 6.71. The highest BCUT2D eigenvalue weighted by molar-refractivity contribution is 9.10. The van der Waals surface area contributed by atoms with Gasteiger partial charge in [-0.2, -0.15) is 0 Å². The maximum Gasteiger partial charge on any atom is 0.167 e. The van der Waals surface area contributed by atoms with Crippen LogP contribution in [-0.4, -0.2) is 23.5 Å². The molecule has 0 aliphatic carbocycles. The Balaban J connectivity index is 2.59. The monoisotopic (exact) mass is 299 g/mol. The van der Waals surface area contributed by atoms with Crippen LogP contribution in [0.1, 0.15) is 32.4 Å². The van der Waals surface area contributed by atoms with Crippen molar-refractivity contribution in [2.24, 2.45) is 0 Å². The Morgan fingerprint density at radius 1 is 1.47 bits per heavy atom. The van der Waals surface area contributed by atoms with Crippen molar-refractivity contribution in [2.75, 3.05) is 6.61 Å². The molecule has 1 aromatic rings. The maximum absolute atomic E-state index is 12.0. The van der Waals surface area contributed by atoms with E-state index in [1.165, 1.54) is 0 Å². The molecule has 0 aliphatic heterocycles. The predicted molar refractivity (Wildman–Crippen MR) is 71.0 cm³/mol. The zero-order valence-electron chi connectivity index (χ0n) is 10.3. The first-order valence-electron chi connectivity index (χ1n) is 5.92. The third kappa shape index (κ3) is 4.96. The van der Waals surface area contributed by atoms with Crippen LogP contribution in [0.15, 0.2) is 22.8 Å². The molecule has 0 saturated heterocycles. The highest BCUT2D eigenvalue weighted by Gasteiger charge is 2.18. The van der Waals surface area contributed by atoms with Gasteiger partial charge in [0, 0.05) is 23.0 Å². The first-order chi connectivity index (χ1) is 8.17. The molecule has 0 aliphatic rings. The van der Waals surface area contributed by atoms with Crippen molar-refractivity contribution in [1.82, 2.24) is 4.98 Å². The Morgan fingerprint density at radius 2 is 2.24 bits per heavy atom. The van der Waals surface area contributed by atoms with Crippen molar-refractivity contribution in [3.8, 4) is 0 Å². The lowest BCUT2D eigenvalue weighted by Crippen LogP contribution is -2.26. The molecule has 17 heavy (non-hydrogen) atoms. The molecule has 0 bridgehead atoms. The van der Waals surface area contributed by atoms with E-state index >= 15 is 0 Å². The molecule has 0 saturated carbocycles. The van der Waals surface area contributed by atoms with E-state index in [-0.39, 0.29) is 11.9 Å². The Hall–Kier alpha value is -0.740. The highest BCUT2D eigenvalue weighted by Crippen LogP contribution is 2.11. The number of carbonyl (C=O) groups is 1. The average Bonchev–Trinajstić information content (AvgIpc) is 2.32. The summed E-state index contributed by atoms with van der Waals surface area (Å²) in [7, 11) is 0. The zero-order valence-corrected chi connectivity index (χ0v) is 11.9. The number of carbonyl (C=O) groups excluding carboxylic acids is 1. The highest BCUT2D eigenvalue weighted by atomic mass is 79.9. The van der Waals surface area contributed by atoms with E-state index in [2.05, 4.69) is 27.8 Å². The lowest BCUT2D eigenvalue weighted by molar-refractivity contribution is -0.130. The lowest BCUT2D eigenvalue weighted by Gasteiger charge is -2.14. The van der Waals surface area contributed by atoms with E-state index in [1.807, 2.05) is 19.1 Å². The minimum Gasteiger partial charge on any atom is -0.371 e. The van der Waals surface area contributed by atoms with E-state index in [0.29, 0.717) is 13.0 Å². The predicted octanol–water partition coefficient (Wildman–Crippen LogP) is 3.16. The minimum atomic E-state index is -0.282. The van der Waals surface area contributed by atoms with Gasteiger partial charge in [-0.1, -0.05) is 13.3 Å². The fourth-order valence-corrected chi connectivity index (χ4v) is 1.84. The summed E-state index contributed by atoms with van der Waals surface area (Å²) >= 11 is 3.32. The number of pyridine rings is 1. The van der Waals surface area contributed by atoms with E-state index in [9.17, 15) is 4.79 Å². The molecule has 3 nitrogen and oxygen atoms in total. The van der Waals surface area contributed by atoms with Crippen LogP contribution in [0.5, 0.6) is 0 Å². The van der Waals surface area contributed by atoms with Gasteiger partial charge in [0.25, 0.3) is 0 Å². The molecule has 0 N–H and O–H groups in total. The van der Waals surface area contributed by atoms with Gasteiger partial charge in [-0.05, 0) is 41.4 Å². The van der Waals surface area contributed by atoms with Crippen LogP contribution >= 0.6 is 15.9 Å². The number of ketones is 1. The van der Waals surface area contributed by atoms with Gasteiger partial charge < -0.3 is 4.74 Å². The summed E-state index contributed by atoms with van der Waals surface area (Å²) in [6.45, 7) is 4.54. The van der Waals surface area contributed by atoms with Crippen LogP contribution in [0.3, 0.4) is 0 Å². The number of Topliss-reactive ketones (excluding diaryl/α,β-unsaturated/α-hetero) is 1. The Bertz CT molecular complexity index is 345. The summed E-state index contributed by atoms with van der Waals surface area (Å²) in [6.07, 6.45) is 3.50. The molecule has 1 aromatic heterocycles. The van der Waals surface area contributed by atoms with Crippen LogP contribution in [0.25, 0.3) is 0 Å². The van der Waals surface area contributed by atoms with Crippen molar-refractivity contribution in [1.29, 1.82) is 0 Å². The number of hydrogen-bond acceptors (Lipinski definition) is 3. The molecule has 4 heteroatoms. The van der Waals surface area contributed by atoms with Crippen molar-refractivity contribution >= 4 is 21.7 Å². The smallest absolute Gasteiger partial charge is 0.167 e. The second-order valence-corrected chi connectivity index (χ2v) is 4.76. The van der Waals surface area contributed by atoms with Crippen molar-refractivity contribution in [2.45, 2.75) is 39.2 Å². The topological polar surface area (TPSA) is 39.2 Å². The van der Waals surface area contributed by atoms with Crippen LogP contribution in [0.2, 0.25) is 0 Å². The largest absolute Gasteiger partial charge is 0.371 e. The molecule has 0 aromatic carbocycles. The van der Waals surface area contributed by atoms with Crippen LogP contribution in [0.4, 0.5) is 0 Å². The minimum absolute atomic E-state index is 0.114. The Kier molecular flexibility index (Phi) is 6.37. The maximum atomic E-state index is 12.0. The van der Waals surface area contributed by atoms with Gasteiger partial charge in [0.05, 0.1) is 6.42 Å². The number of hydrogen-bond donors (Lipinski definition) is 0. The van der Waals surface area contributed by atoms with Crippen LogP contribution in [-0.2, 0) is 16.0 Å². The number of rotatable bonds is 7. The molecule has 1 rings (SSSR count). The lowest BCUT2D eigenvalue weighted by atomic mass is 10.1. The number of halogens is 1. The molecule has 94 valence electrons. The molecule has 1 heterocycles. The molecular formula is C13H18BrNO2. The fraction of sp³-hybridized carbons (Fsp3) is 0.538. The summed E-state index contributed by atoms with van der Waals surface area (Å²) in [5.41, 5.74) is 0.791. The van der Waals surface area contributed by atoms with Crippen molar-refractivity contribution < 1.29 is 9.53 Å². The van der Waals surface area contributed by atoms with E-state index in [1.54, 1.807) is 6.20 Å². The van der Waals surface area contributed by atoms with E-state index < -0.39 is 0 Å². The first kappa shape index (κ1) is 14.3. The quantitative estimate of drug-likeness (QED) is 0.776. The van der Waals surface area contributed by atoms with Crippen LogP contribution in [0, 0.1) is 0 Å². The van der Waals surface area contributed by atoms with Gasteiger partial charge in [0.2, 0.25) is 0 Å². The van der Waals surface area contributed by atoms with Crippen molar-refractivity contribution in [3.05, 3.63) is 28.5 Å². The molecular weight excluding hydrogens is 282 g/mol. The summed E-state index contributed by atoms with van der Waals surface area (Å²) in [5.74, 6) is 0.114. The van der Waals surface area contributed by atoms with Crippen LogP contribution < -0.4 is 0 Å². The molecule has 0 amide bonds. The number of ether oxygens (including phenoxy) is 1. The summed E-state index contributed by atoms with van der Waals surface area (Å²) < 4.78 is 6.37. The molecule has 0 spiro atoms. The van der Waals surface area contributed by atoms with Gasteiger partial charge in [-0.15, -0.1) is 0 Å². The summed E-state index contributed by atoms with van der Waals surface area (Å²) in [6, 6.07) is 3.75. The summed E-state index contributed by atoms with van der Waals surface area (Å²) in [4.78, 5) is 16.2. The summed E-state index contributed by atoms with van der Waals surface area (Å²) in [5, 5.41) is 0. The second-order valence-electron chi connectivity index (χ2n) is 3.84. The SMILES string of the molecule is CCCC(OCC)C(=O)Cc1ccc(Br)cn1. The van der Waals surface area contributed by atoms with Gasteiger partial charge in [-0.3, -0.25) is 9.78 Å². The third-order valence-corrected chi connectivity index (χ3v) is 2.89. The van der Waals surface area contributed by atoms with Gasteiger partial charge in [0.1, 0.15) is 6.10 Å². The standard InChI is InChI=1S/C13H18BrNO2/c1-3-5-13(17-4-2)12(16)8-11-7-6-10(14)9-15-11/h6-7,9,13H,3-5,8H2,1-2H3. The molecule has 1 atom stereocenters. The van der Waals surface area contributed by atoms with Gasteiger partial charge in [-0.25, -0.2) is 0 Å². The average molecular weight is 300 g/mol. The Labute approximate surface area is 111 Å². The van der Waals surface area contributed by atoms with E-state index in [0.717, 1.165) is 23.0 Å². The molecule has 0 radical (unpaired) electrons. The molecule has 1 unspecified atom stereocenters. The third-order valence-electron chi connectivity index (χ3n) is 2.42. The van der Waals surface area contributed by atoms with Crippen molar-refractivity contribution in [3.63, 3.8) is 0 Å². The number of aromatic nitrogens is 1. The normalized spacial score (nSPS) is 12.4. The Morgan fingerprint density at radius 3 is 2.76 bits per heavy atom.